The molecule has 0 amide bonds. The number of nitrogens with one attached hydrogen (secondary N) is 1. The molecule has 2 nitrogen and oxygen atoms in total. The highest BCUT2D eigenvalue weighted by Gasteiger charge is 2.33. The number of aromatic nitrogens is 1. The first-order valence-electron chi connectivity index (χ1n) is 5.83. The van der Waals surface area contributed by atoms with Gasteiger partial charge in [0.1, 0.15) is 0 Å². The maximum absolute atomic E-state index is 3.64. The standard InChI is InChI=1S/C13H13IN2/c14-9-1-2-12-10(5-9)11-7-16-4-3-8(6-16)13(11)15-12/h1-2,5,8,15H,3-4,6-7H2. The van der Waals surface area contributed by atoms with Crippen molar-refractivity contribution in [2.45, 2.75) is 18.9 Å². The van der Waals surface area contributed by atoms with Crippen LogP contribution in [0.3, 0.4) is 0 Å². The summed E-state index contributed by atoms with van der Waals surface area (Å²) in [5, 5.41) is 1.44. The van der Waals surface area contributed by atoms with Crippen LogP contribution in [0.2, 0.25) is 0 Å². The Hall–Kier alpha value is -0.550. The normalized spacial score (nSPS) is 27.3. The number of halogens is 1. The molecule has 1 aromatic carbocycles. The molecule has 0 aliphatic carbocycles. The Bertz CT molecular complexity index is 573. The van der Waals surface area contributed by atoms with Gasteiger partial charge in [0.25, 0.3) is 0 Å². The minimum atomic E-state index is 0.758. The Morgan fingerprint density at radius 2 is 2.31 bits per heavy atom. The molecule has 2 aliphatic rings. The lowest BCUT2D eigenvalue weighted by atomic mass is 9.97. The van der Waals surface area contributed by atoms with Crippen molar-refractivity contribution in [3.05, 3.63) is 33.0 Å². The zero-order valence-corrected chi connectivity index (χ0v) is 11.1. The zero-order chi connectivity index (χ0) is 10.7. The second kappa shape index (κ2) is 3.23. The molecule has 2 bridgehead atoms. The van der Waals surface area contributed by atoms with Crippen molar-refractivity contribution in [3.8, 4) is 0 Å². The van der Waals surface area contributed by atoms with E-state index in [2.05, 4.69) is 50.7 Å². The van der Waals surface area contributed by atoms with E-state index in [1.54, 1.807) is 5.56 Å². The average Bonchev–Trinajstić information content (AvgIpc) is 2.83. The Balaban J connectivity index is 2.02. The van der Waals surface area contributed by atoms with Gasteiger partial charge < -0.3 is 4.98 Å². The van der Waals surface area contributed by atoms with Gasteiger partial charge in [-0.15, -0.1) is 0 Å². The second-order valence-electron chi connectivity index (χ2n) is 4.93. The topological polar surface area (TPSA) is 19.0 Å². The monoisotopic (exact) mass is 324 g/mol. The van der Waals surface area contributed by atoms with Crippen LogP contribution in [-0.4, -0.2) is 23.0 Å². The van der Waals surface area contributed by atoms with Crippen molar-refractivity contribution < 1.29 is 0 Å². The van der Waals surface area contributed by atoms with Gasteiger partial charge in [0.05, 0.1) is 0 Å². The third-order valence-electron chi connectivity index (χ3n) is 3.96. The Kier molecular flexibility index (Phi) is 1.91. The van der Waals surface area contributed by atoms with Crippen LogP contribution in [-0.2, 0) is 6.54 Å². The Morgan fingerprint density at radius 3 is 3.25 bits per heavy atom. The number of benzene rings is 1. The molecule has 2 unspecified atom stereocenters. The van der Waals surface area contributed by atoms with Crippen LogP contribution in [0, 0.1) is 3.57 Å². The highest BCUT2D eigenvalue weighted by Crippen LogP contribution is 2.39. The largest absolute Gasteiger partial charge is 0.358 e. The van der Waals surface area contributed by atoms with E-state index >= 15 is 0 Å². The molecule has 3 heteroatoms. The molecule has 1 saturated heterocycles. The first-order valence-corrected chi connectivity index (χ1v) is 6.91. The molecule has 1 N–H and O–H groups in total. The fourth-order valence-corrected chi connectivity index (χ4v) is 3.69. The molecule has 16 heavy (non-hydrogen) atoms. The number of hydrogen-bond donors (Lipinski definition) is 1. The van der Waals surface area contributed by atoms with Crippen LogP contribution in [0.15, 0.2) is 18.2 Å². The first-order chi connectivity index (χ1) is 7.81. The fourth-order valence-electron chi connectivity index (χ4n) is 3.20. The maximum Gasteiger partial charge on any atom is 0.0460 e. The van der Waals surface area contributed by atoms with E-state index in [-0.39, 0.29) is 0 Å². The van der Waals surface area contributed by atoms with Gasteiger partial charge in [0.15, 0.2) is 0 Å². The summed E-state index contributed by atoms with van der Waals surface area (Å²) >= 11 is 2.40. The van der Waals surface area contributed by atoms with Crippen LogP contribution >= 0.6 is 22.6 Å². The van der Waals surface area contributed by atoms with Crippen molar-refractivity contribution in [2.75, 3.05) is 13.1 Å². The van der Waals surface area contributed by atoms with E-state index in [9.17, 15) is 0 Å². The van der Waals surface area contributed by atoms with E-state index in [0.717, 1.165) is 12.5 Å². The summed E-state index contributed by atoms with van der Waals surface area (Å²) in [5.41, 5.74) is 4.40. The summed E-state index contributed by atoms with van der Waals surface area (Å²) < 4.78 is 1.33. The number of nitrogens with zero attached hydrogens (tertiary/aromatic N) is 1. The van der Waals surface area contributed by atoms with Crippen LogP contribution in [0.4, 0.5) is 0 Å². The summed E-state index contributed by atoms with van der Waals surface area (Å²) in [6.45, 7) is 3.68. The lowest BCUT2D eigenvalue weighted by Crippen LogP contribution is -2.24. The van der Waals surface area contributed by atoms with Crippen molar-refractivity contribution in [3.63, 3.8) is 0 Å². The number of hydrogen-bond acceptors (Lipinski definition) is 1. The van der Waals surface area contributed by atoms with Crippen molar-refractivity contribution >= 4 is 33.5 Å². The fraction of sp³-hybridized carbons (Fsp3) is 0.385. The van der Waals surface area contributed by atoms with Crippen LogP contribution in [0.5, 0.6) is 0 Å². The lowest BCUT2D eigenvalue weighted by Gasteiger charge is -2.22. The number of rotatable bonds is 0. The molecule has 1 aromatic heterocycles. The van der Waals surface area contributed by atoms with Gasteiger partial charge in [-0.1, -0.05) is 0 Å². The third-order valence-corrected chi connectivity index (χ3v) is 4.63. The molecule has 0 spiro atoms. The molecule has 82 valence electrons. The molecule has 2 aliphatic heterocycles. The molecule has 3 heterocycles. The minimum Gasteiger partial charge on any atom is -0.358 e. The van der Waals surface area contributed by atoms with Gasteiger partial charge in [-0.2, -0.15) is 0 Å². The van der Waals surface area contributed by atoms with E-state index in [1.807, 2.05) is 0 Å². The second-order valence-corrected chi connectivity index (χ2v) is 6.17. The molecule has 4 rings (SSSR count). The smallest absolute Gasteiger partial charge is 0.0460 e. The van der Waals surface area contributed by atoms with Gasteiger partial charge in [-0.05, 0) is 59.3 Å². The average molecular weight is 324 g/mol. The highest BCUT2D eigenvalue weighted by molar-refractivity contribution is 14.1. The lowest BCUT2D eigenvalue weighted by molar-refractivity contribution is 0.314. The third kappa shape index (κ3) is 1.21. The number of fused-ring (bicyclic) bond motifs is 6. The molecule has 1 fully saturated rings. The Morgan fingerprint density at radius 1 is 1.38 bits per heavy atom. The van der Waals surface area contributed by atoms with Crippen molar-refractivity contribution in [1.29, 1.82) is 0 Å². The predicted octanol–water partition coefficient (Wildman–Crippen LogP) is 3.08. The first kappa shape index (κ1) is 9.48. The molecule has 2 aromatic rings. The van der Waals surface area contributed by atoms with Gasteiger partial charge >= 0.3 is 0 Å². The van der Waals surface area contributed by atoms with Crippen LogP contribution in [0.25, 0.3) is 10.9 Å². The SMILES string of the molecule is Ic1ccc2[nH]c3c(c2c1)CN1CCC3C1. The van der Waals surface area contributed by atoms with Gasteiger partial charge in [-0.25, -0.2) is 0 Å². The molecule has 0 saturated carbocycles. The Labute approximate surface area is 108 Å². The quantitative estimate of drug-likeness (QED) is 0.738. The summed E-state index contributed by atoms with van der Waals surface area (Å²) in [7, 11) is 0. The van der Waals surface area contributed by atoms with Gasteiger partial charge in [0, 0.05) is 39.2 Å². The highest BCUT2D eigenvalue weighted by atomic mass is 127. The van der Waals surface area contributed by atoms with E-state index in [0.29, 0.717) is 0 Å². The van der Waals surface area contributed by atoms with E-state index in [1.165, 1.54) is 39.7 Å². The minimum absolute atomic E-state index is 0.758. The van der Waals surface area contributed by atoms with Gasteiger partial charge in [-0.3, -0.25) is 4.90 Å². The maximum atomic E-state index is 3.64. The molecule has 0 radical (unpaired) electrons. The summed E-state index contributed by atoms with van der Waals surface area (Å²) in [6, 6.07) is 6.72. The molecular formula is C13H13IN2. The predicted molar refractivity (Wildman–Crippen MR) is 73.7 cm³/mol. The van der Waals surface area contributed by atoms with Gasteiger partial charge in [0.2, 0.25) is 0 Å². The number of H-pyrrole nitrogens is 1. The van der Waals surface area contributed by atoms with Crippen molar-refractivity contribution in [1.82, 2.24) is 9.88 Å². The number of aromatic amines is 1. The van der Waals surface area contributed by atoms with E-state index in [4.69, 9.17) is 0 Å². The van der Waals surface area contributed by atoms with E-state index < -0.39 is 0 Å². The summed E-state index contributed by atoms with van der Waals surface area (Å²) in [6.07, 6.45) is 1.33. The van der Waals surface area contributed by atoms with Crippen LogP contribution < -0.4 is 0 Å². The van der Waals surface area contributed by atoms with Crippen LogP contribution in [0.1, 0.15) is 23.6 Å². The molecule has 2 atom stereocenters. The van der Waals surface area contributed by atoms with Crippen molar-refractivity contribution in [2.24, 2.45) is 0 Å². The summed E-state index contributed by atoms with van der Waals surface area (Å²) in [4.78, 5) is 6.22. The zero-order valence-electron chi connectivity index (χ0n) is 8.96. The molecular weight excluding hydrogens is 311 g/mol. The summed E-state index contributed by atoms with van der Waals surface area (Å²) in [5.74, 6) is 0.758.